The Labute approximate surface area is 113 Å². The summed E-state index contributed by atoms with van der Waals surface area (Å²) in [6.07, 6.45) is 2.18. The van der Waals surface area contributed by atoms with E-state index in [4.69, 9.17) is 10.00 Å². The Morgan fingerprint density at radius 3 is 2.95 bits per heavy atom. The minimum absolute atomic E-state index is 0.260. The summed E-state index contributed by atoms with van der Waals surface area (Å²) in [5.41, 5.74) is 1.40. The third-order valence-electron chi connectivity index (χ3n) is 3.69. The van der Waals surface area contributed by atoms with E-state index in [0.29, 0.717) is 11.6 Å². The number of rotatable bonds is 3. The molecule has 1 saturated heterocycles. The number of methoxy groups -OCH3 is 1. The lowest BCUT2D eigenvalue weighted by Gasteiger charge is -2.29. The predicted molar refractivity (Wildman–Crippen MR) is 71.3 cm³/mol. The van der Waals surface area contributed by atoms with Crippen molar-refractivity contribution in [1.29, 1.82) is 5.26 Å². The van der Waals surface area contributed by atoms with Gasteiger partial charge in [-0.3, -0.25) is 4.90 Å². The molecule has 0 aliphatic carbocycles. The predicted octanol–water partition coefficient (Wildman–Crippen LogP) is 2.26. The number of hydrogen-bond donors (Lipinski definition) is 0. The third kappa shape index (κ3) is 2.77. The van der Waals surface area contributed by atoms with E-state index in [1.807, 2.05) is 12.1 Å². The van der Waals surface area contributed by atoms with E-state index in [9.17, 15) is 4.79 Å². The monoisotopic (exact) mass is 258 g/mol. The molecular formula is C15H18N2O2. The molecule has 1 aliphatic heterocycles. The van der Waals surface area contributed by atoms with E-state index in [2.05, 4.69) is 17.9 Å². The molecule has 0 amide bonds. The quantitative estimate of drug-likeness (QED) is 0.780. The Hall–Kier alpha value is -1.86. The molecule has 4 nitrogen and oxygen atoms in total. The van der Waals surface area contributed by atoms with Crippen LogP contribution in [0.4, 0.5) is 0 Å². The molecule has 0 bridgehead atoms. The van der Waals surface area contributed by atoms with Crippen LogP contribution in [0.25, 0.3) is 0 Å². The number of nitrogens with zero attached hydrogens (tertiary/aromatic N) is 2. The van der Waals surface area contributed by atoms with E-state index in [1.165, 1.54) is 7.11 Å². The first-order valence-electron chi connectivity index (χ1n) is 6.51. The number of ether oxygens (including phenoxy) is 1. The Kier molecular flexibility index (Phi) is 4.18. The zero-order valence-electron chi connectivity index (χ0n) is 11.3. The molecule has 1 heterocycles. The second-order valence-electron chi connectivity index (χ2n) is 4.89. The highest BCUT2D eigenvalue weighted by atomic mass is 16.5. The number of benzene rings is 1. The van der Waals surface area contributed by atoms with Crippen LogP contribution in [0, 0.1) is 11.3 Å². The van der Waals surface area contributed by atoms with E-state index in [1.54, 1.807) is 12.1 Å². The first kappa shape index (κ1) is 13.6. The molecule has 2 rings (SSSR count). The van der Waals surface area contributed by atoms with Gasteiger partial charge in [0.2, 0.25) is 0 Å². The maximum Gasteiger partial charge on any atom is 0.327 e. The van der Waals surface area contributed by atoms with Crippen molar-refractivity contribution in [2.45, 2.75) is 31.8 Å². The van der Waals surface area contributed by atoms with Gasteiger partial charge in [-0.25, -0.2) is 4.79 Å². The topological polar surface area (TPSA) is 53.3 Å². The molecule has 0 N–H and O–H groups in total. The van der Waals surface area contributed by atoms with Gasteiger partial charge in [0, 0.05) is 6.04 Å². The summed E-state index contributed by atoms with van der Waals surface area (Å²) in [4.78, 5) is 14.3. The van der Waals surface area contributed by atoms with Crippen LogP contribution < -0.4 is 0 Å². The zero-order valence-corrected chi connectivity index (χ0v) is 11.3. The molecular weight excluding hydrogens is 240 g/mol. The highest BCUT2D eigenvalue weighted by Crippen LogP contribution is 2.30. The third-order valence-corrected chi connectivity index (χ3v) is 3.69. The number of carbonyl (C=O) groups excluding carboxylic acids is 1. The van der Waals surface area contributed by atoms with Gasteiger partial charge in [-0.05, 0) is 44.0 Å². The van der Waals surface area contributed by atoms with Gasteiger partial charge >= 0.3 is 5.97 Å². The lowest BCUT2D eigenvalue weighted by molar-refractivity contribution is -0.147. The summed E-state index contributed by atoms with van der Waals surface area (Å²) in [7, 11) is 1.41. The lowest BCUT2D eigenvalue weighted by Crippen LogP contribution is -2.37. The van der Waals surface area contributed by atoms with Gasteiger partial charge in [0.05, 0.1) is 18.7 Å². The summed E-state index contributed by atoms with van der Waals surface area (Å²) in [6, 6.07) is 9.26. The summed E-state index contributed by atoms with van der Waals surface area (Å²) >= 11 is 0. The molecule has 1 fully saturated rings. The number of likely N-dealkylation sites (tertiary alicyclic amines) is 1. The summed E-state index contributed by atoms with van der Waals surface area (Å²) in [5.74, 6) is -0.260. The van der Waals surface area contributed by atoms with E-state index >= 15 is 0 Å². The van der Waals surface area contributed by atoms with Crippen molar-refractivity contribution in [3.63, 3.8) is 0 Å². The van der Waals surface area contributed by atoms with Crippen LogP contribution in [-0.2, 0) is 9.53 Å². The minimum atomic E-state index is -0.407. The van der Waals surface area contributed by atoms with Gasteiger partial charge in [-0.2, -0.15) is 5.26 Å². The van der Waals surface area contributed by atoms with Crippen molar-refractivity contribution in [3.8, 4) is 6.07 Å². The molecule has 1 aliphatic rings. The molecule has 0 unspecified atom stereocenters. The summed E-state index contributed by atoms with van der Waals surface area (Å²) in [5, 5.41) is 8.98. The molecule has 0 aromatic heterocycles. The average molecular weight is 258 g/mol. The standard InChI is InChI=1S/C15H18N2O2/c1-11-5-4-8-17(11)14(15(18)19-2)13-7-3-6-12(9-13)10-16/h3,6-7,9,11,14H,4-5,8H2,1-2H3/t11-,14-/m1/s1. The molecule has 19 heavy (non-hydrogen) atoms. The highest BCUT2D eigenvalue weighted by Gasteiger charge is 2.34. The number of nitriles is 1. The Morgan fingerprint density at radius 2 is 2.37 bits per heavy atom. The fourth-order valence-corrected chi connectivity index (χ4v) is 2.69. The Balaban J connectivity index is 2.37. The first-order valence-corrected chi connectivity index (χ1v) is 6.51. The lowest BCUT2D eigenvalue weighted by atomic mass is 10.0. The second-order valence-corrected chi connectivity index (χ2v) is 4.89. The molecule has 100 valence electrons. The largest absolute Gasteiger partial charge is 0.468 e. The SMILES string of the molecule is COC(=O)[C@@H](c1cccc(C#N)c1)N1CCC[C@H]1C. The normalized spacial score (nSPS) is 20.8. The molecule has 2 atom stereocenters. The van der Waals surface area contributed by atoms with Crippen LogP contribution >= 0.6 is 0 Å². The van der Waals surface area contributed by atoms with Crippen LogP contribution in [0.5, 0.6) is 0 Å². The molecule has 1 aromatic carbocycles. The molecule has 1 aromatic rings. The van der Waals surface area contributed by atoms with Gasteiger partial charge in [0.25, 0.3) is 0 Å². The van der Waals surface area contributed by atoms with E-state index < -0.39 is 6.04 Å². The van der Waals surface area contributed by atoms with Gasteiger partial charge in [0.15, 0.2) is 0 Å². The zero-order chi connectivity index (χ0) is 13.8. The molecule has 0 spiro atoms. The first-order chi connectivity index (χ1) is 9.17. The van der Waals surface area contributed by atoms with E-state index in [0.717, 1.165) is 24.9 Å². The number of carbonyl (C=O) groups is 1. The Bertz CT molecular complexity index is 507. The average Bonchev–Trinajstić information content (AvgIpc) is 2.85. The van der Waals surface area contributed by atoms with Crippen molar-refractivity contribution in [3.05, 3.63) is 35.4 Å². The number of esters is 1. The molecule has 0 radical (unpaired) electrons. The van der Waals surface area contributed by atoms with Gasteiger partial charge in [0.1, 0.15) is 6.04 Å². The highest BCUT2D eigenvalue weighted by molar-refractivity contribution is 5.77. The maximum absolute atomic E-state index is 12.1. The van der Waals surface area contributed by atoms with Crippen molar-refractivity contribution in [1.82, 2.24) is 4.90 Å². The van der Waals surface area contributed by atoms with Crippen molar-refractivity contribution < 1.29 is 9.53 Å². The van der Waals surface area contributed by atoms with Gasteiger partial charge < -0.3 is 4.74 Å². The second kappa shape index (κ2) is 5.85. The van der Waals surface area contributed by atoms with Crippen molar-refractivity contribution in [2.24, 2.45) is 0 Å². The fraction of sp³-hybridized carbons (Fsp3) is 0.467. The van der Waals surface area contributed by atoms with Crippen LogP contribution in [0.1, 0.15) is 36.9 Å². The Morgan fingerprint density at radius 1 is 1.58 bits per heavy atom. The molecule has 0 saturated carbocycles. The van der Waals surface area contributed by atoms with Crippen LogP contribution in [0.3, 0.4) is 0 Å². The van der Waals surface area contributed by atoms with Crippen molar-refractivity contribution in [2.75, 3.05) is 13.7 Å². The van der Waals surface area contributed by atoms with E-state index in [-0.39, 0.29) is 5.97 Å². The maximum atomic E-state index is 12.1. The smallest absolute Gasteiger partial charge is 0.327 e. The van der Waals surface area contributed by atoms with Crippen LogP contribution in [0.2, 0.25) is 0 Å². The van der Waals surface area contributed by atoms with Gasteiger partial charge in [-0.15, -0.1) is 0 Å². The van der Waals surface area contributed by atoms with Gasteiger partial charge in [-0.1, -0.05) is 12.1 Å². The number of hydrogen-bond acceptors (Lipinski definition) is 4. The van der Waals surface area contributed by atoms with Crippen LogP contribution in [-0.4, -0.2) is 30.6 Å². The molecule has 4 heteroatoms. The van der Waals surface area contributed by atoms with Crippen molar-refractivity contribution >= 4 is 5.97 Å². The van der Waals surface area contributed by atoms with Crippen LogP contribution in [0.15, 0.2) is 24.3 Å². The fourth-order valence-electron chi connectivity index (χ4n) is 2.69. The summed E-state index contributed by atoms with van der Waals surface area (Å²) in [6.45, 7) is 3.01. The minimum Gasteiger partial charge on any atom is -0.468 e. The summed E-state index contributed by atoms with van der Waals surface area (Å²) < 4.78 is 4.94.